The predicted molar refractivity (Wildman–Crippen MR) is 143 cm³/mol. The third-order valence-corrected chi connectivity index (χ3v) is 6.79. The van der Waals surface area contributed by atoms with Crippen molar-refractivity contribution in [2.75, 3.05) is 11.9 Å². The Kier molecular flexibility index (Phi) is 7.91. The largest absolute Gasteiger partial charge is 0.488 e. The smallest absolute Gasteiger partial charge is 0.294 e. The van der Waals surface area contributed by atoms with Crippen LogP contribution in [-0.4, -0.2) is 28.5 Å². The minimum Gasteiger partial charge on any atom is -0.488 e. The van der Waals surface area contributed by atoms with E-state index in [4.69, 9.17) is 16.3 Å². The van der Waals surface area contributed by atoms with Crippen LogP contribution in [0.25, 0.3) is 6.08 Å². The maximum atomic E-state index is 12.9. The van der Waals surface area contributed by atoms with E-state index in [1.807, 2.05) is 36.4 Å². The number of carbonyl (C=O) groups excluding carboxylic acids is 3. The molecule has 0 saturated carbocycles. The third kappa shape index (κ3) is 5.99. The van der Waals surface area contributed by atoms with Gasteiger partial charge in [0.25, 0.3) is 11.1 Å². The second-order valence-electron chi connectivity index (χ2n) is 7.25. The molecule has 0 aromatic heterocycles. The predicted octanol–water partition coefficient (Wildman–Crippen LogP) is 6.20. The monoisotopic (exact) mass is 604 g/mol. The van der Waals surface area contributed by atoms with Crippen molar-refractivity contribution < 1.29 is 19.1 Å². The number of nitrogens with zero attached hydrogens (tertiary/aromatic N) is 1. The minimum atomic E-state index is -0.531. The highest BCUT2D eigenvalue weighted by atomic mass is 127. The lowest BCUT2D eigenvalue weighted by molar-refractivity contribution is -0.127. The van der Waals surface area contributed by atoms with Crippen molar-refractivity contribution in [1.82, 2.24) is 4.90 Å². The van der Waals surface area contributed by atoms with Crippen molar-refractivity contribution >= 4 is 74.8 Å². The van der Waals surface area contributed by atoms with Crippen LogP contribution in [0.15, 0.2) is 77.7 Å². The SMILES string of the molecule is O=C(CN1C(=O)S/C(=C/c2ccccc2OCc2ccc(I)cc2)C1=O)Nc1ccccc1Cl. The quantitative estimate of drug-likeness (QED) is 0.257. The van der Waals surface area contributed by atoms with Gasteiger partial charge in [-0.15, -0.1) is 0 Å². The number of para-hydroxylation sites is 2. The molecule has 9 heteroatoms. The van der Waals surface area contributed by atoms with Crippen molar-refractivity contribution in [3.8, 4) is 5.75 Å². The highest BCUT2D eigenvalue weighted by Gasteiger charge is 2.36. The van der Waals surface area contributed by atoms with E-state index < -0.39 is 23.6 Å². The molecule has 34 heavy (non-hydrogen) atoms. The first kappa shape index (κ1) is 24.3. The molecule has 1 saturated heterocycles. The van der Waals surface area contributed by atoms with Crippen LogP contribution in [0.5, 0.6) is 5.75 Å². The number of halogens is 2. The van der Waals surface area contributed by atoms with E-state index in [0.717, 1.165) is 25.8 Å². The summed E-state index contributed by atoms with van der Waals surface area (Å²) >= 11 is 9.09. The van der Waals surface area contributed by atoms with Gasteiger partial charge >= 0.3 is 0 Å². The number of imide groups is 1. The Hall–Kier alpha value is -2.82. The summed E-state index contributed by atoms with van der Waals surface area (Å²) in [4.78, 5) is 38.9. The number of amides is 3. The summed E-state index contributed by atoms with van der Waals surface area (Å²) in [5.41, 5.74) is 2.09. The van der Waals surface area contributed by atoms with Gasteiger partial charge < -0.3 is 10.1 Å². The third-order valence-electron chi connectivity index (χ3n) is 4.84. The molecule has 172 valence electrons. The molecule has 3 aromatic carbocycles. The van der Waals surface area contributed by atoms with Gasteiger partial charge in [0, 0.05) is 9.13 Å². The summed E-state index contributed by atoms with van der Waals surface area (Å²) in [5, 5.41) is 2.48. The van der Waals surface area contributed by atoms with Crippen LogP contribution in [0.4, 0.5) is 10.5 Å². The number of ether oxygens (including phenoxy) is 1. The number of anilines is 1. The zero-order chi connectivity index (χ0) is 24.1. The Bertz CT molecular complexity index is 1280. The zero-order valence-corrected chi connectivity index (χ0v) is 21.4. The molecule has 6 nitrogen and oxygen atoms in total. The minimum absolute atomic E-state index is 0.223. The molecule has 1 aliphatic heterocycles. The number of benzene rings is 3. The van der Waals surface area contributed by atoms with Crippen LogP contribution >= 0.6 is 46.0 Å². The molecular formula is C25H18ClIN2O4S. The number of hydrogen-bond donors (Lipinski definition) is 1. The van der Waals surface area contributed by atoms with Crippen LogP contribution in [-0.2, 0) is 16.2 Å². The number of rotatable bonds is 7. The first-order chi connectivity index (χ1) is 16.4. The van der Waals surface area contributed by atoms with E-state index in [1.54, 1.807) is 42.5 Å². The molecule has 0 unspecified atom stereocenters. The van der Waals surface area contributed by atoms with Crippen LogP contribution in [0, 0.1) is 3.57 Å². The molecular weight excluding hydrogens is 587 g/mol. The normalized spacial score (nSPS) is 14.5. The molecule has 3 aromatic rings. The van der Waals surface area contributed by atoms with E-state index in [0.29, 0.717) is 28.6 Å². The summed E-state index contributed by atoms with van der Waals surface area (Å²) in [6.45, 7) is -0.0380. The molecule has 0 radical (unpaired) electrons. The Labute approximate surface area is 219 Å². The van der Waals surface area contributed by atoms with Crippen LogP contribution in [0.2, 0.25) is 5.02 Å². The van der Waals surface area contributed by atoms with Gasteiger partial charge in [-0.05, 0) is 76.3 Å². The van der Waals surface area contributed by atoms with Crippen molar-refractivity contribution in [2.45, 2.75) is 6.61 Å². The molecule has 0 aliphatic carbocycles. The fraction of sp³-hybridized carbons (Fsp3) is 0.0800. The van der Waals surface area contributed by atoms with E-state index >= 15 is 0 Å². The standard InChI is InChI=1S/C25H18ClIN2O4S/c26-19-6-2-3-7-20(19)28-23(30)14-29-24(31)22(34-25(29)32)13-17-5-1-4-8-21(17)33-15-16-9-11-18(27)12-10-16/h1-13H,14-15H2,(H,28,30)/b22-13+. The highest BCUT2D eigenvalue weighted by molar-refractivity contribution is 14.1. The van der Waals surface area contributed by atoms with E-state index in [9.17, 15) is 14.4 Å². The van der Waals surface area contributed by atoms with Gasteiger partial charge in [-0.25, -0.2) is 0 Å². The topological polar surface area (TPSA) is 75.7 Å². The molecule has 0 bridgehead atoms. The van der Waals surface area contributed by atoms with E-state index in [-0.39, 0.29) is 4.91 Å². The molecule has 3 amide bonds. The number of hydrogen-bond acceptors (Lipinski definition) is 5. The Balaban J connectivity index is 1.45. The fourth-order valence-electron chi connectivity index (χ4n) is 3.15. The number of thioether (sulfide) groups is 1. The van der Waals surface area contributed by atoms with Gasteiger partial charge in [0.05, 0.1) is 15.6 Å². The maximum absolute atomic E-state index is 12.9. The number of carbonyl (C=O) groups is 3. The number of nitrogens with one attached hydrogen (secondary N) is 1. The molecule has 1 N–H and O–H groups in total. The van der Waals surface area contributed by atoms with E-state index in [2.05, 4.69) is 27.9 Å². The average molecular weight is 605 g/mol. The molecule has 1 aliphatic rings. The highest BCUT2D eigenvalue weighted by Crippen LogP contribution is 2.34. The first-order valence-electron chi connectivity index (χ1n) is 10.2. The Morgan fingerprint density at radius 1 is 1.03 bits per heavy atom. The molecule has 0 spiro atoms. The molecule has 0 atom stereocenters. The molecule has 1 heterocycles. The van der Waals surface area contributed by atoms with Crippen molar-refractivity contribution in [3.05, 3.63) is 97.4 Å². The van der Waals surface area contributed by atoms with Crippen LogP contribution < -0.4 is 10.1 Å². The van der Waals surface area contributed by atoms with Gasteiger partial charge in [-0.3, -0.25) is 19.3 Å². The molecule has 4 rings (SSSR count). The van der Waals surface area contributed by atoms with Gasteiger partial charge in [0.15, 0.2) is 0 Å². The first-order valence-corrected chi connectivity index (χ1v) is 12.4. The average Bonchev–Trinajstić information content (AvgIpc) is 3.08. The van der Waals surface area contributed by atoms with Crippen molar-refractivity contribution in [2.24, 2.45) is 0 Å². The summed E-state index contributed by atoms with van der Waals surface area (Å²) in [6, 6.07) is 22.0. The Morgan fingerprint density at radius 2 is 1.74 bits per heavy atom. The van der Waals surface area contributed by atoms with Crippen molar-refractivity contribution in [3.63, 3.8) is 0 Å². The lowest BCUT2D eigenvalue weighted by Gasteiger charge is -2.13. The van der Waals surface area contributed by atoms with Gasteiger partial charge in [0.2, 0.25) is 5.91 Å². The van der Waals surface area contributed by atoms with E-state index in [1.165, 1.54) is 0 Å². The van der Waals surface area contributed by atoms with Gasteiger partial charge in [0.1, 0.15) is 18.9 Å². The summed E-state index contributed by atoms with van der Waals surface area (Å²) in [7, 11) is 0. The Morgan fingerprint density at radius 3 is 2.50 bits per heavy atom. The summed E-state index contributed by atoms with van der Waals surface area (Å²) in [5.74, 6) is -0.459. The van der Waals surface area contributed by atoms with Crippen molar-refractivity contribution in [1.29, 1.82) is 0 Å². The zero-order valence-electron chi connectivity index (χ0n) is 17.7. The lowest BCUT2D eigenvalue weighted by Crippen LogP contribution is -2.36. The summed E-state index contributed by atoms with van der Waals surface area (Å²) < 4.78 is 7.10. The lowest BCUT2D eigenvalue weighted by atomic mass is 10.1. The fourth-order valence-corrected chi connectivity index (χ4v) is 4.52. The maximum Gasteiger partial charge on any atom is 0.294 e. The van der Waals surface area contributed by atoms with Crippen LogP contribution in [0.3, 0.4) is 0 Å². The van der Waals surface area contributed by atoms with Gasteiger partial charge in [-0.2, -0.15) is 0 Å². The summed E-state index contributed by atoms with van der Waals surface area (Å²) in [6.07, 6.45) is 1.61. The molecule has 1 fully saturated rings. The second-order valence-corrected chi connectivity index (χ2v) is 9.89. The van der Waals surface area contributed by atoms with Gasteiger partial charge in [-0.1, -0.05) is 54.1 Å². The second kappa shape index (κ2) is 11.1. The van der Waals surface area contributed by atoms with Crippen LogP contribution in [0.1, 0.15) is 11.1 Å².